The van der Waals surface area contributed by atoms with Gasteiger partial charge in [-0.15, -0.1) is 0 Å². The zero-order valence-electron chi connectivity index (χ0n) is 14.0. The average Bonchev–Trinajstić information content (AvgIpc) is 3.14. The highest BCUT2D eigenvalue weighted by atomic mass is 16.2. The molecule has 0 aromatic carbocycles. The summed E-state index contributed by atoms with van der Waals surface area (Å²) in [6.07, 6.45) is 10.0. The summed E-state index contributed by atoms with van der Waals surface area (Å²) in [6.45, 7) is 2.83. The number of likely N-dealkylation sites (tertiary alicyclic amines) is 1. The third kappa shape index (κ3) is 2.71. The fraction of sp³-hybridized carbons (Fsp3) is 0.500. The Balaban J connectivity index is 1.48. The highest BCUT2D eigenvalue weighted by molar-refractivity contribution is 5.81. The van der Waals surface area contributed by atoms with Crippen molar-refractivity contribution < 1.29 is 4.79 Å². The molecule has 2 fully saturated rings. The summed E-state index contributed by atoms with van der Waals surface area (Å²) >= 11 is 0. The van der Waals surface area contributed by atoms with Gasteiger partial charge in [-0.1, -0.05) is 0 Å². The lowest BCUT2D eigenvalue weighted by molar-refractivity contribution is -0.120. The maximum atomic E-state index is 12.1. The number of imidazole rings is 1. The number of nitrogens with one attached hydrogen (secondary N) is 1. The maximum Gasteiger partial charge on any atom is 0.221 e. The summed E-state index contributed by atoms with van der Waals surface area (Å²) < 4.78 is 2.07. The zero-order valence-corrected chi connectivity index (χ0v) is 14.0. The Bertz CT molecular complexity index is 718. The van der Waals surface area contributed by atoms with Crippen LogP contribution in [-0.4, -0.2) is 44.0 Å². The molecule has 2 aliphatic rings. The molecule has 1 atom stereocenters. The third-order valence-corrected chi connectivity index (χ3v) is 5.59. The van der Waals surface area contributed by atoms with Crippen molar-refractivity contribution in [1.82, 2.24) is 24.8 Å². The quantitative estimate of drug-likeness (QED) is 0.928. The van der Waals surface area contributed by atoms with E-state index in [1.807, 2.05) is 44.0 Å². The van der Waals surface area contributed by atoms with Crippen molar-refractivity contribution in [3.63, 3.8) is 0 Å². The maximum absolute atomic E-state index is 12.1. The second-order valence-corrected chi connectivity index (χ2v) is 6.97. The van der Waals surface area contributed by atoms with Crippen LogP contribution in [0.3, 0.4) is 0 Å². The molecule has 2 saturated heterocycles. The molecule has 0 aliphatic carbocycles. The molecule has 6 heteroatoms. The Morgan fingerprint density at radius 1 is 1.25 bits per heavy atom. The molecule has 1 N–H and O–H groups in total. The number of carbonyl (C=O) groups is 1. The second kappa shape index (κ2) is 6.02. The minimum atomic E-state index is -0.101. The number of rotatable bonds is 3. The SMILES string of the molecule is Cn1ccnc1CN1CCC2(CC1)NC(=O)C[C@@H]2c1ccncc1. The first-order valence-corrected chi connectivity index (χ1v) is 8.56. The van der Waals surface area contributed by atoms with Crippen LogP contribution in [0, 0.1) is 0 Å². The molecule has 0 unspecified atom stereocenters. The third-order valence-electron chi connectivity index (χ3n) is 5.59. The van der Waals surface area contributed by atoms with Gasteiger partial charge in [-0.3, -0.25) is 14.7 Å². The second-order valence-electron chi connectivity index (χ2n) is 6.97. The van der Waals surface area contributed by atoms with Gasteiger partial charge in [0.15, 0.2) is 0 Å². The number of amides is 1. The summed E-state index contributed by atoms with van der Waals surface area (Å²) in [4.78, 5) is 23.1. The van der Waals surface area contributed by atoms with Gasteiger partial charge in [-0.05, 0) is 30.5 Å². The molecule has 4 rings (SSSR count). The lowest BCUT2D eigenvalue weighted by Gasteiger charge is -2.42. The molecule has 0 saturated carbocycles. The van der Waals surface area contributed by atoms with Crippen molar-refractivity contribution in [2.45, 2.75) is 37.3 Å². The number of nitrogens with zero attached hydrogens (tertiary/aromatic N) is 4. The minimum Gasteiger partial charge on any atom is -0.350 e. The van der Waals surface area contributed by atoms with Crippen molar-refractivity contribution in [3.8, 4) is 0 Å². The number of piperidine rings is 1. The van der Waals surface area contributed by atoms with E-state index in [-0.39, 0.29) is 17.4 Å². The summed E-state index contributed by atoms with van der Waals surface area (Å²) in [7, 11) is 2.03. The van der Waals surface area contributed by atoms with Crippen molar-refractivity contribution in [2.24, 2.45) is 7.05 Å². The Labute approximate surface area is 141 Å². The molecule has 0 radical (unpaired) electrons. The van der Waals surface area contributed by atoms with Crippen LogP contribution in [-0.2, 0) is 18.4 Å². The standard InChI is InChI=1S/C18H23N5O/c1-22-11-8-20-16(22)13-23-9-4-18(5-10-23)15(12-17(24)21-18)14-2-6-19-7-3-14/h2-3,6-8,11,15H,4-5,9-10,12-13H2,1H3,(H,21,24)/t15-/m1/s1. The molecular weight excluding hydrogens is 302 g/mol. The predicted molar refractivity (Wildman–Crippen MR) is 90.2 cm³/mol. The van der Waals surface area contributed by atoms with Crippen LogP contribution in [0.1, 0.15) is 36.6 Å². The van der Waals surface area contributed by atoms with Crippen molar-refractivity contribution in [2.75, 3.05) is 13.1 Å². The molecular formula is C18H23N5O. The summed E-state index contributed by atoms with van der Waals surface area (Å²) in [6, 6.07) is 4.10. The highest BCUT2D eigenvalue weighted by Crippen LogP contribution is 2.43. The first-order valence-electron chi connectivity index (χ1n) is 8.56. The predicted octanol–water partition coefficient (Wildman–Crippen LogP) is 1.45. The molecule has 2 aromatic rings. The van der Waals surface area contributed by atoms with E-state index in [1.165, 1.54) is 5.56 Å². The van der Waals surface area contributed by atoms with E-state index in [2.05, 4.69) is 24.8 Å². The van der Waals surface area contributed by atoms with Gasteiger partial charge in [-0.2, -0.15) is 0 Å². The molecule has 24 heavy (non-hydrogen) atoms. The lowest BCUT2D eigenvalue weighted by atomic mass is 9.74. The van der Waals surface area contributed by atoms with Crippen LogP contribution in [0.15, 0.2) is 36.9 Å². The normalized spacial score (nSPS) is 23.5. The summed E-state index contributed by atoms with van der Waals surface area (Å²) in [5, 5.41) is 3.30. The number of aryl methyl sites for hydroxylation is 1. The number of pyridine rings is 1. The molecule has 1 spiro atoms. The van der Waals surface area contributed by atoms with Crippen LogP contribution in [0.25, 0.3) is 0 Å². The average molecular weight is 325 g/mol. The molecule has 4 heterocycles. The zero-order chi connectivity index (χ0) is 16.6. The van der Waals surface area contributed by atoms with Gasteiger partial charge in [0.05, 0.1) is 6.54 Å². The van der Waals surface area contributed by atoms with Crippen LogP contribution in [0.2, 0.25) is 0 Å². The van der Waals surface area contributed by atoms with E-state index in [0.29, 0.717) is 6.42 Å². The summed E-state index contributed by atoms with van der Waals surface area (Å²) in [5.41, 5.74) is 1.12. The van der Waals surface area contributed by atoms with Crippen molar-refractivity contribution in [1.29, 1.82) is 0 Å². The van der Waals surface area contributed by atoms with Gasteiger partial charge in [0.25, 0.3) is 0 Å². The van der Waals surface area contributed by atoms with E-state index >= 15 is 0 Å². The smallest absolute Gasteiger partial charge is 0.221 e. The fourth-order valence-electron chi connectivity index (χ4n) is 4.16. The number of hydrogen-bond donors (Lipinski definition) is 1. The van der Waals surface area contributed by atoms with Crippen LogP contribution >= 0.6 is 0 Å². The Kier molecular flexibility index (Phi) is 3.84. The van der Waals surface area contributed by atoms with Gasteiger partial charge in [0.2, 0.25) is 5.91 Å². The van der Waals surface area contributed by atoms with E-state index in [1.54, 1.807) is 0 Å². The van der Waals surface area contributed by atoms with E-state index in [0.717, 1.165) is 38.3 Å². The first kappa shape index (κ1) is 15.3. The Hall–Kier alpha value is -2.21. The van der Waals surface area contributed by atoms with Crippen LogP contribution < -0.4 is 5.32 Å². The molecule has 2 aliphatic heterocycles. The Morgan fingerprint density at radius 3 is 2.67 bits per heavy atom. The van der Waals surface area contributed by atoms with Gasteiger partial charge < -0.3 is 9.88 Å². The number of aromatic nitrogens is 3. The lowest BCUT2D eigenvalue weighted by Crippen LogP contribution is -2.53. The fourth-order valence-corrected chi connectivity index (χ4v) is 4.16. The number of hydrogen-bond acceptors (Lipinski definition) is 4. The monoisotopic (exact) mass is 325 g/mol. The largest absolute Gasteiger partial charge is 0.350 e. The molecule has 2 aromatic heterocycles. The molecule has 0 bridgehead atoms. The van der Waals surface area contributed by atoms with Gasteiger partial charge in [0.1, 0.15) is 5.82 Å². The highest BCUT2D eigenvalue weighted by Gasteiger charge is 2.48. The van der Waals surface area contributed by atoms with Gasteiger partial charge in [0, 0.05) is 62.8 Å². The molecule has 126 valence electrons. The minimum absolute atomic E-state index is 0.101. The van der Waals surface area contributed by atoms with Gasteiger partial charge in [-0.25, -0.2) is 4.98 Å². The van der Waals surface area contributed by atoms with Crippen LogP contribution in [0.5, 0.6) is 0 Å². The molecule has 1 amide bonds. The summed E-state index contributed by atoms with van der Waals surface area (Å²) in [5.74, 6) is 1.52. The van der Waals surface area contributed by atoms with E-state index < -0.39 is 0 Å². The topological polar surface area (TPSA) is 63.1 Å². The first-order chi connectivity index (χ1) is 11.7. The van der Waals surface area contributed by atoms with E-state index in [4.69, 9.17) is 0 Å². The van der Waals surface area contributed by atoms with Gasteiger partial charge >= 0.3 is 0 Å². The number of carbonyl (C=O) groups excluding carboxylic acids is 1. The molecule has 6 nitrogen and oxygen atoms in total. The van der Waals surface area contributed by atoms with E-state index in [9.17, 15) is 4.79 Å². The Morgan fingerprint density at radius 2 is 2.00 bits per heavy atom. The van der Waals surface area contributed by atoms with Crippen LogP contribution in [0.4, 0.5) is 0 Å². The van der Waals surface area contributed by atoms with Crippen molar-refractivity contribution in [3.05, 3.63) is 48.3 Å². The van der Waals surface area contributed by atoms with Crippen molar-refractivity contribution >= 4 is 5.91 Å².